The van der Waals surface area contributed by atoms with E-state index < -0.39 is 6.04 Å². The van der Waals surface area contributed by atoms with Crippen molar-refractivity contribution in [2.75, 3.05) is 5.32 Å². The highest BCUT2D eigenvalue weighted by atomic mass is 32.1. The number of imidazole rings is 1. The van der Waals surface area contributed by atoms with Gasteiger partial charge in [-0.15, -0.1) is 0 Å². The molecule has 0 aliphatic carbocycles. The van der Waals surface area contributed by atoms with Crippen molar-refractivity contribution in [3.05, 3.63) is 126 Å². The summed E-state index contributed by atoms with van der Waals surface area (Å²) in [6.45, 7) is 4.03. The van der Waals surface area contributed by atoms with Gasteiger partial charge in [-0.3, -0.25) is 14.0 Å². The third kappa shape index (κ3) is 6.05. The minimum Gasteiger partial charge on any atom is -0.344 e. The third-order valence-corrected chi connectivity index (χ3v) is 8.06. The Morgan fingerprint density at radius 3 is 2.32 bits per heavy atom. The zero-order valence-electron chi connectivity index (χ0n) is 22.9. The van der Waals surface area contributed by atoms with E-state index in [1.165, 1.54) is 4.70 Å². The molecule has 0 aliphatic rings. The molecule has 6 aromatic rings. The van der Waals surface area contributed by atoms with Crippen LogP contribution in [0.4, 0.5) is 5.69 Å². The van der Waals surface area contributed by atoms with Crippen LogP contribution in [0.2, 0.25) is 0 Å². The van der Waals surface area contributed by atoms with Crippen LogP contribution in [0.15, 0.2) is 103 Å². The van der Waals surface area contributed by atoms with Crippen LogP contribution in [0, 0.1) is 13.8 Å². The fourth-order valence-electron chi connectivity index (χ4n) is 5.20. The molecule has 2 amide bonds. The van der Waals surface area contributed by atoms with E-state index in [1.807, 2.05) is 98.9 Å². The summed E-state index contributed by atoms with van der Waals surface area (Å²) >= 11 is 1.66. The van der Waals surface area contributed by atoms with E-state index in [-0.39, 0.29) is 18.2 Å². The number of hydrogen-bond acceptors (Lipinski definition) is 4. The second kappa shape index (κ2) is 11.4. The van der Waals surface area contributed by atoms with Crippen LogP contribution < -0.4 is 10.6 Å². The van der Waals surface area contributed by atoms with E-state index in [0.717, 1.165) is 44.0 Å². The Labute approximate surface area is 242 Å². The van der Waals surface area contributed by atoms with Crippen LogP contribution in [0.25, 0.3) is 26.4 Å². The number of fused-ring (bicyclic) bond motifs is 3. The van der Waals surface area contributed by atoms with Crippen molar-refractivity contribution < 1.29 is 9.59 Å². The summed E-state index contributed by atoms with van der Waals surface area (Å²) < 4.78 is 3.31. The molecule has 6 rings (SSSR count). The summed E-state index contributed by atoms with van der Waals surface area (Å²) in [4.78, 5) is 32.2. The number of anilines is 1. The molecule has 41 heavy (non-hydrogen) atoms. The van der Waals surface area contributed by atoms with Gasteiger partial charge in [0.25, 0.3) is 0 Å². The topological polar surface area (TPSA) is 75.5 Å². The molecule has 0 saturated carbocycles. The van der Waals surface area contributed by atoms with E-state index in [9.17, 15) is 9.59 Å². The van der Waals surface area contributed by atoms with Crippen LogP contribution >= 0.6 is 11.3 Å². The van der Waals surface area contributed by atoms with Crippen molar-refractivity contribution in [3.63, 3.8) is 0 Å². The summed E-state index contributed by atoms with van der Waals surface area (Å²) in [7, 11) is 0. The molecule has 0 bridgehead atoms. The molecule has 1 atom stereocenters. The van der Waals surface area contributed by atoms with Gasteiger partial charge in [0.1, 0.15) is 6.04 Å². The molecule has 2 heterocycles. The normalized spacial score (nSPS) is 12.0. The monoisotopic (exact) mass is 558 g/mol. The largest absolute Gasteiger partial charge is 0.344 e. The average molecular weight is 559 g/mol. The molecule has 2 aromatic heterocycles. The van der Waals surface area contributed by atoms with Crippen LogP contribution in [0.3, 0.4) is 0 Å². The van der Waals surface area contributed by atoms with Crippen molar-refractivity contribution in [2.24, 2.45) is 0 Å². The van der Waals surface area contributed by atoms with Gasteiger partial charge in [0.2, 0.25) is 11.8 Å². The zero-order valence-corrected chi connectivity index (χ0v) is 23.7. The van der Waals surface area contributed by atoms with Gasteiger partial charge in [0, 0.05) is 23.9 Å². The second-order valence-electron chi connectivity index (χ2n) is 10.4. The number of amides is 2. The highest BCUT2D eigenvalue weighted by Crippen LogP contribution is 2.29. The lowest BCUT2D eigenvalue weighted by atomic mass is 10.0. The Bertz CT molecular complexity index is 1840. The number of nitrogens with one attached hydrogen (secondary N) is 2. The maximum absolute atomic E-state index is 13.4. The first kappa shape index (κ1) is 26.5. The number of aromatic nitrogens is 2. The van der Waals surface area contributed by atoms with Gasteiger partial charge < -0.3 is 10.6 Å². The number of benzene rings is 4. The molecular weight excluding hydrogens is 528 g/mol. The predicted molar refractivity (Wildman–Crippen MR) is 166 cm³/mol. The van der Waals surface area contributed by atoms with Crippen molar-refractivity contribution in [1.82, 2.24) is 14.7 Å². The number of nitrogens with zero attached hydrogens (tertiary/aromatic N) is 2. The molecule has 7 heteroatoms. The molecule has 0 radical (unpaired) electrons. The lowest BCUT2D eigenvalue weighted by molar-refractivity contribution is -0.126. The van der Waals surface area contributed by atoms with Crippen molar-refractivity contribution in [2.45, 2.75) is 32.7 Å². The van der Waals surface area contributed by atoms with Crippen LogP contribution in [0.5, 0.6) is 0 Å². The second-order valence-corrected chi connectivity index (χ2v) is 11.4. The lowest BCUT2D eigenvalue weighted by Gasteiger charge is -2.19. The van der Waals surface area contributed by atoms with Crippen molar-refractivity contribution >= 4 is 44.0 Å². The summed E-state index contributed by atoms with van der Waals surface area (Å²) in [6.07, 6.45) is 2.65. The molecule has 0 aliphatic heterocycles. The minimum atomic E-state index is -0.719. The zero-order chi connectivity index (χ0) is 28.3. The average Bonchev–Trinajstić information content (AvgIpc) is 3.51. The van der Waals surface area contributed by atoms with Gasteiger partial charge in [0.15, 0.2) is 4.96 Å². The molecular formula is C34H30N4O2S. The van der Waals surface area contributed by atoms with Gasteiger partial charge in [-0.1, -0.05) is 95.3 Å². The maximum Gasteiger partial charge on any atom is 0.247 e. The number of aryl methyl sites for hydroxylation is 2. The molecule has 0 saturated heterocycles. The molecule has 2 N–H and O–H groups in total. The van der Waals surface area contributed by atoms with Gasteiger partial charge in [0.05, 0.1) is 22.3 Å². The SMILES string of the molecule is Cc1cc(C)cc(CC(=O)N[C@H](Cc2ccccc2)C(=O)Nc2ccc(-c3cn4c(n3)sc3ccccc34)cc2)c1. The Kier molecular flexibility index (Phi) is 7.35. The number of para-hydroxylation sites is 1. The maximum atomic E-state index is 13.4. The Morgan fingerprint density at radius 1 is 0.854 bits per heavy atom. The van der Waals surface area contributed by atoms with Gasteiger partial charge in [-0.2, -0.15) is 0 Å². The van der Waals surface area contributed by atoms with E-state index in [0.29, 0.717) is 12.1 Å². The number of thiazole rings is 1. The molecule has 0 unspecified atom stereocenters. The first-order valence-electron chi connectivity index (χ1n) is 13.6. The summed E-state index contributed by atoms with van der Waals surface area (Å²) in [6, 6.07) is 31.0. The molecule has 0 spiro atoms. The van der Waals surface area contributed by atoms with Gasteiger partial charge in [-0.05, 0) is 49.2 Å². The van der Waals surface area contributed by atoms with E-state index >= 15 is 0 Å². The number of hydrogen-bond donors (Lipinski definition) is 2. The molecule has 204 valence electrons. The third-order valence-electron chi connectivity index (χ3n) is 7.03. The van der Waals surface area contributed by atoms with Crippen molar-refractivity contribution in [3.8, 4) is 11.3 Å². The standard InChI is InChI=1S/C34H30N4O2S/c1-22-16-23(2)18-25(17-22)20-32(39)36-28(19-24-8-4-3-5-9-24)33(40)35-27-14-12-26(13-15-27)29-21-38-30-10-6-7-11-31(30)41-34(38)37-29/h3-18,21,28H,19-20H2,1-2H3,(H,35,40)(H,36,39)/t28-/m1/s1. The Balaban J connectivity index is 1.17. The van der Waals surface area contributed by atoms with E-state index in [2.05, 4.69) is 33.2 Å². The molecule has 4 aromatic carbocycles. The fraction of sp³-hybridized carbons (Fsp3) is 0.147. The number of carbonyl (C=O) groups is 2. The first-order valence-corrected chi connectivity index (χ1v) is 14.4. The molecule has 0 fully saturated rings. The smallest absolute Gasteiger partial charge is 0.247 e. The first-order chi connectivity index (χ1) is 19.9. The highest BCUT2D eigenvalue weighted by Gasteiger charge is 2.22. The van der Waals surface area contributed by atoms with Crippen LogP contribution in [-0.2, 0) is 22.4 Å². The van der Waals surface area contributed by atoms with E-state index in [1.54, 1.807) is 11.3 Å². The van der Waals surface area contributed by atoms with Gasteiger partial charge in [-0.25, -0.2) is 4.98 Å². The fourth-order valence-corrected chi connectivity index (χ4v) is 6.21. The summed E-state index contributed by atoms with van der Waals surface area (Å²) in [5.74, 6) is -0.446. The number of carbonyl (C=O) groups excluding carboxylic acids is 2. The van der Waals surface area contributed by atoms with E-state index in [4.69, 9.17) is 4.98 Å². The van der Waals surface area contributed by atoms with Crippen molar-refractivity contribution in [1.29, 1.82) is 0 Å². The molecule has 6 nitrogen and oxygen atoms in total. The summed E-state index contributed by atoms with van der Waals surface area (Å²) in [5, 5.41) is 5.97. The lowest BCUT2D eigenvalue weighted by Crippen LogP contribution is -2.45. The summed E-state index contributed by atoms with van der Waals surface area (Å²) in [5.41, 5.74) is 7.76. The van der Waals surface area contributed by atoms with Crippen LogP contribution in [-0.4, -0.2) is 27.2 Å². The Hall–Kier alpha value is -4.75. The minimum absolute atomic E-state index is 0.186. The number of rotatable bonds is 8. The quantitative estimate of drug-likeness (QED) is 0.217. The predicted octanol–water partition coefficient (Wildman–Crippen LogP) is 6.74. The Morgan fingerprint density at radius 2 is 1.56 bits per heavy atom. The highest BCUT2D eigenvalue weighted by molar-refractivity contribution is 7.23. The van der Waals surface area contributed by atoms with Crippen LogP contribution in [0.1, 0.15) is 22.3 Å². The van der Waals surface area contributed by atoms with Gasteiger partial charge >= 0.3 is 0 Å².